The van der Waals surface area contributed by atoms with Crippen LogP contribution >= 0.6 is 0 Å². The predicted octanol–water partition coefficient (Wildman–Crippen LogP) is 6.05. The van der Waals surface area contributed by atoms with Crippen molar-refractivity contribution in [1.29, 1.82) is 0 Å². The summed E-state index contributed by atoms with van der Waals surface area (Å²) < 4.78 is 0. The summed E-state index contributed by atoms with van der Waals surface area (Å²) in [6.07, 6.45) is 6.71. The van der Waals surface area contributed by atoms with Crippen LogP contribution in [0.25, 0.3) is 10.8 Å². The molecular formula is C27H33NO. The molecule has 1 atom stereocenters. The van der Waals surface area contributed by atoms with E-state index < -0.39 is 6.10 Å². The van der Waals surface area contributed by atoms with Crippen LogP contribution in [0.4, 0.5) is 0 Å². The van der Waals surface area contributed by atoms with Crippen molar-refractivity contribution in [3.63, 3.8) is 0 Å². The summed E-state index contributed by atoms with van der Waals surface area (Å²) in [7, 11) is 0. The van der Waals surface area contributed by atoms with Crippen molar-refractivity contribution in [2.24, 2.45) is 0 Å². The minimum atomic E-state index is -0.465. The van der Waals surface area contributed by atoms with Gasteiger partial charge in [-0.1, -0.05) is 74.0 Å². The van der Waals surface area contributed by atoms with Crippen molar-refractivity contribution >= 4 is 10.8 Å². The Morgan fingerprint density at radius 2 is 1.66 bits per heavy atom. The maximum Gasteiger partial charge on any atom is 0.0923 e. The quantitative estimate of drug-likeness (QED) is 0.508. The normalized spacial score (nSPS) is 14.9. The zero-order valence-electron chi connectivity index (χ0n) is 17.6. The van der Waals surface area contributed by atoms with Gasteiger partial charge in [0.1, 0.15) is 0 Å². The highest BCUT2D eigenvalue weighted by molar-refractivity contribution is 5.90. The van der Waals surface area contributed by atoms with E-state index in [2.05, 4.69) is 72.5 Å². The summed E-state index contributed by atoms with van der Waals surface area (Å²) in [6.45, 7) is 4.82. The number of benzene rings is 3. The highest BCUT2D eigenvalue weighted by Gasteiger charge is 2.20. The van der Waals surface area contributed by atoms with Gasteiger partial charge in [0, 0.05) is 13.1 Å². The van der Waals surface area contributed by atoms with E-state index in [1.54, 1.807) is 0 Å². The van der Waals surface area contributed by atoms with Crippen LogP contribution in [0.3, 0.4) is 0 Å². The zero-order valence-corrected chi connectivity index (χ0v) is 17.6. The number of hydrogen-bond acceptors (Lipinski definition) is 2. The molecular weight excluding hydrogens is 354 g/mol. The van der Waals surface area contributed by atoms with Gasteiger partial charge in [-0.3, -0.25) is 4.90 Å². The predicted molar refractivity (Wildman–Crippen MR) is 122 cm³/mol. The molecule has 0 aliphatic heterocycles. The van der Waals surface area contributed by atoms with Gasteiger partial charge in [0.2, 0.25) is 0 Å². The molecule has 0 spiro atoms. The van der Waals surface area contributed by atoms with Crippen LogP contribution in [0.5, 0.6) is 0 Å². The molecule has 4 rings (SSSR count). The van der Waals surface area contributed by atoms with Crippen LogP contribution in [0, 0.1) is 0 Å². The summed E-state index contributed by atoms with van der Waals surface area (Å²) in [5.41, 5.74) is 5.38. The molecule has 0 saturated heterocycles. The minimum Gasteiger partial charge on any atom is -0.387 e. The fraction of sp³-hybridized carbons (Fsp3) is 0.407. The molecule has 1 N–H and O–H groups in total. The summed E-state index contributed by atoms with van der Waals surface area (Å²) in [5.74, 6) is 0. The number of hydrogen-bond donors (Lipinski definition) is 1. The van der Waals surface area contributed by atoms with Crippen LogP contribution in [-0.4, -0.2) is 23.1 Å². The topological polar surface area (TPSA) is 23.5 Å². The largest absolute Gasteiger partial charge is 0.387 e. The Labute approximate surface area is 175 Å². The fourth-order valence-electron chi connectivity index (χ4n) is 4.74. The average Bonchev–Trinajstić information content (AvgIpc) is 2.77. The van der Waals surface area contributed by atoms with Gasteiger partial charge in [0.05, 0.1) is 6.10 Å². The highest BCUT2D eigenvalue weighted by Crippen LogP contribution is 2.34. The smallest absolute Gasteiger partial charge is 0.0923 e. The molecule has 0 unspecified atom stereocenters. The lowest BCUT2D eigenvalue weighted by atomic mass is 9.84. The number of unbranched alkanes of at least 4 members (excludes halogenated alkanes) is 1. The monoisotopic (exact) mass is 387 g/mol. The Kier molecular flexibility index (Phi) is 6.63. The van der Waals surface area contributed by atoms with E-state index >= 15 is 0 Å². The second kappa shape index (κ2) is 9.56. The first-order valence-corrected chi connectivity index (χ1v) is 11.2. The van der Waals surface area contributed by atoms with Gasteiger partial charge >= 0.3 is 0 Å². The van der Waals surface area contributed by atoms with E-state index in [-0.39, 0.29) is 0 Å². The molecule has 0 fully saturated rings. The molecule has 0 radical (unpaired) electrons. The van der Waals surface area contributed by atoms with Gasteiger partial charge in [-0.2, -0.15) is 0 Å². The lowest BCUT2D eigenvalue weighted by Crippen LogP contribution is -2.29. The Morgan fingerprint density at radius 1 is 0.931 bits per heavy atom. The van der Waals surface area contributed by atoms with Gasteiger partial charge in [-0.15, -0.1) is 0 Å². The minimum absolute atomic E-state index is 0.465. The van der Waals surface area contributed by atoms with Crippen molar-refractivity contribution in [3.05, 3.63) is 82.9 Å². The fourth-order valence-corrected chi connectivity index (χ4v) is 4.74. The Balaban J connectivity index is 1.62. The van der Waals surface area contributed by atoms with Gasteiger partial charge < -0.3 is 5.11 Å². The first-order chi connectivity index (χ1) is 14.3. The van der Waals surface area contributed by atoms with Crippen LogP contribution in [0.1, 0.15) is 61.0 Å². The molecule has 1 aliphatic rings. The maximum atomic E-state index is 11.3. The van der Waals surface area contributed by atoms with Gasteiger partial charge in [0.15, 0.2) is 0 Å². The SMILES string of the molecule is CCCCN(Cc1ccccc1)C[C@@H](O)c1cc2c(c3ccccc13)CCCC2. The van der Waals surface area contributed by atoms with Gasteiger partial charge in [0.25, 0.3) is 0 Å². The molecule has 3 aromatic rings. The average molecular weight is 388 g/mol. The Hall–Kier alpha value is -2.16. The number of aliphatic hydroxyl groups is 1. The maximum absolute atomic E-state index is 11.3. The summed E-state index contributed by atoms with van der Waals surface area (Å²) >= 11 is 0. The number of rotatable bonds is 8. The number of aliphatic hydroxyl groups excluding tert-OH is 1. The standard InChI is InChI=1S/C27H33NO/c1-2-3-17-28(19-21-11-5-4-6-12-21)20-27(29)26-18-22-13-7-8-14-23(22)24-15-9-10-16-25(24)26/h4-6,9-12,15-16,18,27,29H,2-3,7-8,13-14,17,19-20H2,1H3/t27-/m1/s1. The summed E-state index contributed by atoms with van der Waals surface area (Å²) in [5, 5.41) is 13.9. The lowest BCUT2D eigenvalue weighted by Gasteiger charge is -2.27. The van der Waals surface area contributed by atoms with Crippen LogP contribution in [-0.2, 0) is 19.4 Å². The van der Waals surface area contributed by atoms with Crippen molar-refractivity contribution in [1.82, 2.24) is 4.90 Å². The van der Waals surface area contributed by atoms with E-state index in [1.807, 2.05) is 0 Å². The van der Waals surface area contributed by atoms with Crippen molar-refractivity contribution < 1.29 is 5.11 Å². The molecule has 29 heavy (non-hydrogen) atoms. The Morgan fingerprint density at radius 3 is 2.45 bits per heavy atom. The Bertz CT molecular complexity index is 934. The van der Waals surface area contributed by atoms with Crippen molar-refractivity contribution in [2.45, 2.75) is 58.1 Å². The molecule has 1 aliphatic carbocycles. The van der Waals surface area contributed by atoms with E-state index in [4.69, 9.17) is 0 Å². The first kappa shape index (κ1) is 20.1. The van der Waals surface area contributed by atoms with E-state index in [0.29, 0.717) is 6.54 Å². The highest BCUT2D eigenvalue weighted by atomic mass is 16.3. The van der Waals surface area contributed by atoms with Crippen molar-refractivity contribution in [3.8, 4) is 0 Å². The molecule has 0 heterocycles. The molecule has 0 saturated carbocycles. The molecule has 0 amide bonds. The summed E-state index contributed by atoms with van der Waals surface area (Å²) in [4.78, 5) is 2.41. The summed E-state index contributed by atoms with van der Waals surface area (Å²) in [6, 6.07) is 21.6. The third-order valence-electron chi connectivity index (χ3n) is 6.27. The molecule has 0 aromatic heterocycles. The van der Waals surface area contributed by atoms with E-state index in [9.17, 15) is 5.11 Å². The zero-order chi connectivity index (χ0) is 20.1. The first-order valence-electron chi connectivity index (χ1n) is 11.2. The van der Waals surface area contributed by atoms with E-state index in [1.165, 1.54) is 53.1 Å². The molecule has 0 bridgehead atoms. The van der Waals surface area contributed by atoms with Crippen molar-refractivity contribution in [2.75, 3.05) is 13.1 Å². The van der Waals surface area contributed by atoms with E-state index in [0.717, 1.165) is 31.5 Å². The second-order valence-corrected chi connectivity index (χ2v) is 8.45. The van der Waals surface area contributed by atoms with Gasteiger partial charge in [-0.05, 0) is 71.7 Å². The number of nitrogens with zero attached hydrogens (tertiary/aromatic N) is 1. The lowest BCUT2D eigenvalue weighted by molar-refractivity contribution is 0.109. The molecule has 3 aromatic carbocycles. The second-order valence-electron chi connectivity index (χ2n) is 8.45. The molecule has 2 nitrogen and oxygen atoms in total. The van der Waals surface area contributed by atoms with Crippen LogP contribution in [0.2, 0.25) is 0 Å². The molecule has 2 heteroatoms. The van der Waals surface area contributed by atoms with Gasteiger partial charge in [-0.25, -0.2) is 0 Å². The number of aryl methyl sites for hydroxylation is 2. The third-order valence-corrected chi connectivity index (χ3v) is 6.27. The number of fused-ring (bicyclic) bond motifs is 3. The molecule has 152 valence electrons. The van der Waals surface area contributed by atoms with Crippen LogP contribution < -0.4 is 0 Å². The van der Waals surface area contributed by atoms with Crippen LogP contribution in [0.15, 0.2) is 60.7 Å². The third kappa shape index (κ3) is 4.71.